The van der Waals surface area contributed by atoms with Gasteiger partial charge in [-0.1, -0.05) is 63.1 Å². The van der Waals surface area contributed by atoms with Crippen LogP contribution in [0.4, 0.5) is 0 Å². The molecular weight excluding hydrogens is 418 g/mol. The molecule has 0 radical (unpaired) electrons. The maximum atomic E-state index is 4.04. The van der Waals surface area contributed by atoms with Crippen LogP contribution in [0.1, 0.15) is 45.1 Å². The van der Waals surface area contributed by atoms with Gasteiger partial charge in [0, 0.05) is 32.7 Å². The molecular formula is C29H48N5+. The van der Waals surface area contributed by atoms with Gasteiger partial charge < -0.3 is 14.7 Å². The summed E-state index contributed by atoms with van der Waals surface area (Å²) in [5.41, 5.74) is 1.40. The Morgan fingerprint density at radius 3 is 2.44 bits per heavy atom. The molecule has 2 aromatic rings. The standard InChI is InChI=1S/C29H48N5/c1-5-7-20-34(21-17-32(3)4)22-18-33(19-23-34)28-29(14-6-2,31-16-15-30-28)27-13-12-25-10-8-9-11-26(25)24-27/h8-13,24,28,30-31H,5-7,14-23H2,1-4H3/q+1. The van der Waals surface area contributed by atoms with Crippen LogP contribution in [0.5, 0.6) is 0 Å². The Bertz CT molecular complexity index is 900. The number of likely N-dealkylation sites (N-methyl/N-ethyl adjacent to an activating group) is 1. The van der Waals surface area contributed by atoms with Gasteiger partial charge in [0.25, 0.3) is 0 Å². The van der Waals surface area contributed by atoms with Gasteiger partial charge in [-0.05, 0) is 49.3 Å². The van der Waals surface area contributed by atoms with E-state index in [4.69, 9.17) is 0 Å². The van der Waals surface area contributed by atoms with Crippen molar-refractivity contribution in [2.24, 2.45) is 0 Å². The maximum Gasteiger partial charge on any atom is 0.0917 e. The van der Waals surface area contributed by atoms with Crippen LogP contribution in [0.2, 0.25) is 0 Å². The predicted octanol–water partition coefficient (Wildman–Crippen LogP) is 3.85. The Balaban J connectivity index is 1.58. The molecule has 0 spiro atoms. The van der Waals surface area contributed by atoms with Crippen LogP contribution in [0, 0.1) is 0 Å². The molecule has 0 saturated carbocycles. The normalized spacial score (nSPS) is 25.7. The molecule has 0 amide bonds. The lowest BCUT2D eigenvalue weighted by atomic mass is 9.79. The highest BCUT2D eigenvalue weighted by Gasteiger charge is 2.46. The van der Waals surface area contributed by atoms with Crippen molar-refractivity contribution in [1.29, 1.82) is 0 Å². The Kier molecular flexibility index (Phi) is 8.65. The molecule has 2 N–H and O–H groups in total. The van der Waals surface area contributed by atoms with E-state index in [1.807, 2.05) is 0 Å². The van der Waals surface area contributed by atoms with Gasteiger partial charge in [0.05, 0.1) is 37.9 Å². The van der Waals surface area contributed by atoms with E-state index in [0.717, 1.165) is 19.5 Å². The van der Waals surface area contributed by atoms with Crippen molar-refractivity contribution in [3.05, 3.63) is 48.0 Å². The van der Waals surface area contributed by atoms with Gasteiger partial charge in [0.2, 0.25) is 0 Å². The third kappa shape index (κ3) is 5.50. The number of hydrogen-bond acceptors (Lipinski definition) is 4. The molecule has 2 aliphatic rings. The van der Waals surface area contributed by atoms with E-state index in [0.29, 0.717) is 6.17 Å². The van der Waals surface area contributed by atoms with Crippen molar-refractivity contribution in [1.82, 2.24) is 20.4 Å². The highest BCUT2D eigenvalue weighted by atomic mass is 15.4. The SMILES string of the molecule is CCCC[N+]1(CCN(C)C)CCN(C2NCCNC2(CCC)c2ccc3ccccc3c2)CC1. The minimum Gasteiger partial charge on any atom is -0.320 e. The van der Waals surface area contributed by atoms with Crippen LogP contribution < -0.4 is 10.6 Å². The lowest BCUT2D eigenvalue weighted by Gasteiger charge is -2.54. The number of quaternary nitrogens is 1. The van der Waals surface area contributed by atoms with Gasteiger partial charge in [0.1, 0.15) is 0 Å². The summed E-state index contributed by atoms with van der Waals surface area (Å²) in [5, 5.41) is 10.7. The Morgan fingerprint density at radius 1 is 0.971 bits per heavy atom. The topological polar surface area (TPSA) is 30.5 Å². The fourth-order valence-electron chi connectivity index (χ4n) is 6.32. The minimum absolute atomic E-state index is 0.0446. The van der Waals surface area contributed by atoms with Gasteiger partial charge >= 0.3 is 0 Å². The number of hydrogen-bond donors (Lipinski definition) is 2. The summed E-state index contributed by atoms with van der Waals surface area (Å²) in [5.74, 6) is 0. The van der Waals surface area contributed by atoms with E-state index in [2.05, 4.69) is 90.8 Å². The number of rotatable bonds is 10. The van der Waals surface area contributed by atoms with Crippen LogP contribution >= 0.6 is 0 Å². The molecule has 2 unspecified atom stereocenters. The summed E-state index contributed by atoms with van der Waals surface area (Å²) in [6, 6.07) is 15.9. The first kappa shape index (κ1) is 25.6. The smallest absolute Gasteiger partial charge is 0.0917 e. The quantitative estimate of drug-likeness (QED) is 0.521. The summed E-state index contributed by atoms with van der Waals surface area (Å²) in [6.07, 6.45) is 5.29. The third-order valence-corrected chi connectivity index (χ3v) is 8.37. The van der Waals surface area contributed by atoms with Gasteiger partial charge in [-0.2, -0.15) is 0 Å². The van der Waals surface area contributed by atoms with Crippen molar-refractivity contribution in [3.8, 4) is 0 Å². The van der Waals surface area contributed by atoms with E-state index in [1.165, 1.54) is 85.9 Å². The highest BCUT2D eigenvalue weighted by molar-refractivity contribution is 5.83. The van der Waals surface area contributed by atoms with E-state index in [9.17, 15) is 0 Å². The molecule has 2 heterocycles. The molecule has 2 aliphatic heterocycles. The van der Waals surface area contributed by atoms with Crippen LogP contribution in [-0.4, -0.2) is 93.4 Å². The summed E-state index contributed by atoms with van der Waals surface area (Å²) in [6.45, 7) is 15.4. The van der Waals surface area contributed by atoms with E-state index in [-0.39, 0.29) is 5.54 Å². The molecule has 34 heavy (non-hydrogen) atoms. The molecule has 4 rings (SSSR count). The Hall–Kier alpha value is -1.50. The summed E-state index contributed by atoms with van der Waals surface area (Å²) >= 11 is 0. The summed E-state index contributed by atoms with van der Waals surface area (Å²) in [4.78, 5) is 5.13. The number of nitrogens with zero attached hydrogens (tertiary/aromatic N) is 3. The van der Waals surface area contributed by atoms with Crippen molar-refractivity contribution < 1.29 is 4.48 Å². The maximum absolute atomic E-state index is 4.04. The fraction of sp³-hybridized carbons (Fsp3) is 0.655. The number of unbranched alkanes of at least 4 members (excludes halogenated alkanes) is 1. The molecule has 5 nitrogen and oxygen atoms in total. The zero-order valence-electron chi connectivity index (χ0n) is 22.2. The molecule has 2 aromatic carbocycles. The van der Waals surface area contributed by atoms with E-state index in [1.54, 1.807) is 0 Å². The molecule has 0 bridgehead atoms. The zero-order valence-corrected chi connectivity index (χ0v) is 22.2. The number of piperazine rings is 2. The largest absolute Gasteiger partial charge is 0.320 e. The molecule has 0 aromatic heterocycles. The van der Waals surface area contributed by atoms with Crippen LogP contribution in [0.3, 0.4) is 0 Å². The molecule has 2 fully saturated rings. The van der Waals surface area contributed by atoms with Crippen molar-refractivity contribution in [3.63, 3.8) is 0 Å². The van der Waals surface area contributed by atoms with Crippen molar-refractivity contribution in [2.75, 3.05) is 73.0 Å². The Morgan fingerprint density at radius 2 is 1.74 bits per heavy atom. The van der Waals surface area contributed by atoms with Crippen LogP contribution in [0.15, 0.2) is 42.5 Å². The fourth-order valence-corrected chi connectivity index (χ4v) is 6.32. The highest BCUT2D eigenvalue weighted by Crippen LogP contribution is 2.36. The predicted molar refractivity (Wildman–Crippen MR) is 145 cm³/mol. The van der Waals surface area contributed by atoms with E-state index < -0.39 is 0 Å². The molecule has 188 valence electrons. The first-order valence-electron chi connectivity index (χ1n) is 13.7. The lowest BCUT2D eigenvalue weighted by molar-refractivity contribution is -0.932. The third-order valence-electron chi connectivity index (χ3n) is 8.37. The van der Waals surface area contributed by atoms with Crippen molar-refractivity contribution in [2.45, 2.75) is 51.2 Å². The summed E-state index contributed by atoms with van der Waals surface area (Å²) < 4.78 is 1.29. The number of nitrogens with one attached hydrogen (secondary N) is 2. The minimum atomic E-state index is -0.0446. The molecule has 5 heteroatoms. The van der Waals surface area contributed by atoms with Gasteiger partial charge in [-0.3, -0.25) is 10.2 Å². The summed E-state index contributed by atoms with van der Waals surface area (Å²) in [7, 11) is 4.43. The zero-order chi connectivity index (χ0) is 24.0. The lowest BCUT2D eigenvalue weighted by Crippen LogP contribution is -2.73. The second-order valence-corrected chi connectivity index (χ2v) is 11.0. The first-order valence-corrected chi connectivity index (χ1v) is 13.7. The second kappa shape index (κ2) is 11.5. The average Bonchev–Trinajstić information content (AvgIpc) is 2.87. The molecule has 0 aliphatic carbocycles. The van der Waals surface area contributed by atoms with Crippen LogP contribution in [-0.2, 0) is 5.54 Å². The molecule has 2 saturated heterocycles. The van der Waals surface area contributed by atoms with Gasteiger partial charge in [-0.15, -0.1) is 0 Å². The Labute approximate surface area is 208 Å². The monoisotopic (exact) mass is 466 g/mol. The van der Waals surface area contributed by atoms with Gasteiger partial charge in [0.15, 0.2) is 0 Å². The van der Waals surface area contributed by atoms with Crippen molar-refractivity contribution >= 4 is 10.8 Å². The second-order valence-electron chi connectivity index (χ2n) is 11.0. The molecule has 2 atom stereocenters. The number of fused-ring (bicyclic) bond motifs is 1. The average molecular weight is 467 g/mol. The number of benzene rings is 2. The van der Waals surface area contributed by atoms with Crippen LogP contribution in [0.25, 0.3) is 10.8 Å². The first-order chi connectivity index (χ1) is 16.5. The van der Waals surface area contributed by atoms with E-state index >= 15 is 0 Å². The van der Waals surface area contributed by atoms with Gasteiger partial charge in [-0.25, -0.2) is 0 Å².